The molecule has 54 heavy (non-hydrogen) atoms. The summed E-state index contributed by atoms with van der Waals surface area (Å²) in [7, 11) is 0. The van der Waals surface area contributed by atoms with Gasteiger partial charge in [0.1, 0.15) is 0 Å². The molecule has 0 unspecified atom stereocenters. The monoisotopic (exact) mass is 688 g/mol. The van der Waals surface area contributed by atoms with E-state index < -0.39 is 0 Å². The van der Waals surface area contributed by atoms with Crippen molar-refractivity contribution in [2.75, 3.05) is 4.90 Å². The van der Waals surface area contributed by atoms with E-state index in [1.807, 2.05) is 0 Å². The van der Waals surface area contributed by atoms with Crippen molar-refractivity contribution < 1.29 is 0 Å². The van der Waals surface area contributed by atoms with Crippen molar-refractivity contribution in [2.24, 2.45) is 0 Å². The predicted octanol–water partition coefficient (Wildman–Crippen LogP) is 14.4. The van der Waals surface area contributed by atoms with Crippen LogP contribution in [0.25, 0.3) is 71.6 Å². The molecule has 0 atom stereocenters. The molecule has 0 aliphatic rings. The van der Waals surface area contributed by atoms with Crippen molar-refractivity contribution in [3.63, 3.8) is 0 Å². The summed E-state index contributed by atoms with van der Waals surface area (Å²) in [4.78, 5) is 2.41. The molecule has 9 aromatic carbocycles. The molecule has 0 aliphatic heterocycles. The van der Waals surface area contributed by atoms with Gasteiger partial charge < -0.3 is 9.47 Å². The fourth-order valence-electron chi connectivity index (χ4n) is 8.05. The van der Waals surface area contributed by atoms with Crippen LogP contribution < -0.4 is 4.90 Å². The van der Waals surface area contributed by atoms with Gasteiger partial charge >= 0.3 is 0 Å². The van der Waals surface area contributed by atoms with Crippen LogP contribution in [0.3, 0.4) is 0 Å². The van der Waals surface area contributed by atoms with Crippen LogP contribution in [-0.4, -0.2) is 4.57 Å². The van der Waals surface area contributed by atoms with Crippen molar-refractivity contribution in [1.29, 1.82) is 0 Å². The highest BCUT2D eigenvalue weighted by Crippen LogP contribution is 2.45. The molecule has 10 aromatic rings. The standard InChI is InChI=1S/C52H36N2/c1-4-17-37(18-5-1)41-33-42(38-19-6-2-7-20-38)35-44(34-41)54-51-29-15-13-27-47(51)48-36-40(31-32-52(48)54)46-26-12-14-28-49(46)53(43-23-8-3-9-24-43)50-30-16-22-39-21-10-11-25-45(39)50/h1-36H. The molecule has 1 aromatic heterocycles. The second kappa shape index (κ2) is 13.4. The smallest absolute Gasteiger partial charge is 0.0541 e. The Hall–Kier alpha value is -7.16. The van der Waals surface area contributed by atoms with Gasteiger partial charge in [-0.25, -0.2) is 0 Å². The van der Waals surface area contributed by atoms with Crippen LogP contribution in [-0.2, 0) is 0 Å². The maximum absolute atomic E-state index is 2.44. The lowest BCUT2D eigenvalue weighted by atomic mass is 9.97. The first kappa shape index (κ1) is 31.6. The van der Waals surface area contributed by atoms with Crippen LogP contribution in [0.15, 0.2) is 218 Å². The van der Waals surface area contributed by atoms with Crippen molar-refractivity contribution >= 4 is 49.6 Å². The third kappa shape index (κ3) is 5.53. The van der Waals surface area contributed by atoms with E-state index in [0.717, 1.165) is 22.7 Å². The van der Waals surface area contributed by atoms with Gasteiger partial charge in [-0.1, -0.05) is 158 Å². The van der Waals surface area contributed by atoms with Crippen LogP contribution in [0, 0.1) is 0 Å². The number of benzene rings is 9. The molecule has 0 saturated carbocycles. The highest BCUT2D eigenvalue weighted by atomic mass is 15.1. The number of anilines is 3. The summed E-state index contributed by atoms with van der Waals surface area (Å²) in [5.74, 6) is 0. The predicted molar refractivity (Wildman–Crippen MR) is 229 cm³/mol. The summed E-state index contributed by atoms with van der Waals surface area (Å²) in [6.45, 7) is 0. The number of aromatic nitrogens is 1. The summed E-state index contributed by atoms with van der Waals surface area (Å²) in [5.41, 5.74) is 14.0. The largest absolute Gasteiger partial charge is 0.309 e. The van der Waals surface area contributed by atoms with Crippen molar-refractivity contribution in [3.8, 4) is 39.1 Å². The lowest BCUT2D eigenvalue weighted by Crippen LogP contribution is -2.11. The minimum atomic E-state index is 1.12. The molecule has 10 rings (SSSR count). The minimum Gasteiger partial charge on any atom is -0.309 e. The van der Waals surface area contributed by atoms with Gasteiger partial charge in [-0.2, -0.15) is 0 Å². The minimum absolute atomic E-state index is 1.12. The van der Waals surface area contributed by atoms with Crippen LogP contribution in [0.5, 0.6) is 0 Å². The molecule has 0 saturated heterocycles. The number of fused-ring (bicyclic) bond motifs is 4. The maximum Gasteiger partial charge on any atom is 0.0541 e. The number of para-hydroxylation sites is 3. The Balaban J connectivity index is 1.18. The normalized spacial score (nSPS) is 11.3. The van der Waals surface area contributed by atoms with Crippen molar-refractivity contribution in [3.05, 3.63) is 218 Å². The zero-order valence-corrected chi connectivity index (χ0v) is 29.7. The van der Waals surface area contributed by atoms with Crippen LogP contribution in [0.4, 0.5) is 17.1 Å². The Morgan fingerprint density at radius 3 is 1.61 bits per heavy atom. The number of hydrogen-bond acceptors (Lipinski definition) is 1. The Bertz CT molecular complexity index is 2860. The number of nitrogens with zero attached hydrogens (tertiary/aromatic N) is 2. The average molecular weight is 689 g/mol. The van der Waals surface area contributed by atoms with Crippen LogP contribution in [0.1, 0.15) is 0 Å². The van der Waals surface area contributed by atoms with Crippen molar-refractivity contribution in [2.45, 2.75) is 0 Å². The molecule has 0 N–H and O–H groups in total. The molecule has 0 radical (unpaired) electrons. The van der Waals surface area contributed by atoms with Crippen LogP contribution in [0.2, 0.25) is 0 Å². The Morgan fingerprint density at radius 2 is 0.870 bits per heavy atom. The molecule has 254 valence electrons. The fraction of sp³-hybridized carbons (Fsp3) is 0. The summed E-state index contributed by atoms with van der Waals surface area (Å²) >= 11 is 0. The third-order valence-electron chi connectivity index (χ3n) is 10.5. The van der Waals surface area contributed by atoms with Gasteiger partial charge in [0.05, 0.1) is 22.4 Å². The summed E-state index contributed by atoms with van der Waals surface area (Å²) in [5, 5.41) is 4.88. The highest BCUT2D eigenvalue weighted by molar-refractivity contribution is 6.11. The Labute approximate surface area is 315 Å². The second-order valence-electron chi connectivity index (χ2n) is 13.8. The zero-order chi connectivity index (χ0) is 35.8. The quantitative estimate of drug-likeness (QED) is 0.162. The van der Waals surface area contributed by atoms with Crippen LogP contribution >= 0.6 is 0 Å². The summed E-state index contributed by atoms with van der Waals surface area (Å²) in [6, 6.07) is 78.9. The number of hydrogen-bond donors (Lipinski definition) is 0. The van der Waals surface area contributed by atoms with Gasteiger partial charge in [-0.15, -0.1) is 0 Å². The van der Waals surface area contributed by atoms with Gasteiger partial charge in [0.2, 0.25) is 0 Å². The van der Waals surface area contributed by atoms with Gasteiger partial charge in [0.25, 0.3) is 0 Å². The number of rotatable bonds is 7. The molecular formula is C52H36N2. The highest BCUT2D eigenvalue weighted by Gasteiger charge is 2.20. The molecular weight excluding hydrogens is 653 g/mol. The average Bonchev–Trinajstić information content (AvgIpc) is 3.59. The van der Waals surface area contributed by atoms with E-state index in [2.05, 4.69) is 228 Å². The zero-order valence-electron chi connectivity index (χ0n) is 29.7. The SMILES string of the molecule is c1ccc(-c2cc(-c3ccccc3)cc(-n3c4ccccc4c4cc(-c5ccccc5N(c5ccccc5)c5cccc6ccccc56)ccc43)c2)cc1. The molecule has 0 bridgehead atoms. The molecule has 0 aliphatic carbocycles. The maximum atomic E-state index is 2.44. The first-order valence-corrected chi connectivity index (χ1v) is 18.5. The van der Waals surface area contributed by atoms with E-state index in [9.17, 15) is 0 Å². The van der Waals surface area contributed by atoms with Crippen molar-refractivity contribution in [1.82, 2.24) is 4.57 Å². The molecule has 1 heterocycles. The third-order valence-corrected chi connectivity index (χ3v) is 10.5. The Morgan fingerprint density at radius 1 is 0.315 bits per heavy atom. The van der Waals surface area contributed by atoms with E-state index >= 15 is 0 Å². The summed E-state index contributed by atoms with van der Waals surface area (Å²) < 4.78 is 2.44. The first-order chi connectivity index (χ1) is 26.8. The van der Waals surface area contributed by atoms with E-state index in [1.54, 1.807) is 0 Å². The molecule has 2 nitrogen and oxygen atoms in total. The lowest BCUT2D eigenvalue weighted by molar-refractivity contribution is 1.18. The van der Waals surface area contributed by atoms with E-state index in [0.29, 0.717) is 0 Å². The molecule has 0 amide bonds. The summed E-state index contributed by atoms with van der Waals surface area (Å²) in [6.07, 6.45) is 0. The molecule has 0 spiro atoms. The van der Waals surface area contributed by atoms with Gasteiger partial charge in [-0.3, -0.25) is 0 Å². The van der Waals surface area contributed by atoms with E-state index in [-0.39, 0.29) is 0 Å². The van der Waals surface area contributed by atoms with Gasteiger partial charge in [-0.05, 0) is 93.9 Å². The van der Waals surface area contributed by atoms with E-state index in [4.69, 9.17) is 0 Å². The van der Waals surface area contributed by atoms with E-state index in [1.165, 1.54) is 66.0 Å². The van der Waals surface area contributed by atoms with Gasteiger partial charge in [0, 0.05) is 33.1 Å². The Kier molecular flexibility index (Phi) is 7.85. The first-order valence-electron chi connectivity index (χ1n) is 18.5. The second-order valence-corrected chi connectivity index (χ2v) is 13.8. The molecule has 0 fully saturated rings. The molecule has 2 heteroatoms. The topological polar surface area (TPSA) is 8.17 Å². The lowest BCUT2D eigenvalue weighted by Gasteiger charge is -2.29. The van der Waals surface area contributed by atoms with Gasteiger partial charge in [0.15, 0.2) is 0 Å². The fourth-order valence-corrected chi connectivity index (χ4v) is 8.05.